The molecule has 0 saturated carbocycles. The highest BCUT2D eigenvalue weighted by molar-refractivity contribution is 7.99. The Morgan fingerprint density at radius 2 is 2.06 bits per heavy atom. The Morgan fingerprint density at radius 1 is 1.35 bits per heavy atom. The molecule has 1 aromatic rings. The lowest BCUT2D eigenvalue weighted by atomic mass is 10.3. The van der Waals surface area contributed by atoms with E-state index in [0.717, 1.165) is 24.6 Å². The Bertz CT molecular complexity index is 335. The fourth-order valence-electron chi connectivity index (χ4n) is 1.35. The third kappa shape index (κ3) is 5.80. The van der Waals surface area contributed by atoms with Crippen molar-refractivity contribution in [2.75, 3.05) is 26.0 Å². The molecule has 3 heteroatoms. The van der Waals surface area contributed by atoms with Crippen LogP contribution in [0, 0.1) is 0 Å². The molecule has 1 rings (SSSR count). The summed E-state index contributed by atoms with van der Waals surface area (Å²) in [6.45, 7) is 8.21. The predicted molar refractivity (Wildman–Crippen MR) is 76.0 cm³/mol. The Kier molecular flexibility index (Phi) is 6.82. The zero-order valence-electron chi connectivity index (χ0n) is 10.7. The zero-order valence-corrected chi connectivity index (χ0v) is 11.5. The van der Waals surface area contributed by atoms with Gasteiger partial charge in [0.25, 0.3) is 0 Å². The average molecular weight is 251 g/mol. The summed E-state index contributed by atoms with van der Waals surface area (Å²) in [6.07, 6.45) is 1.17. The van der Waals surface area contributed by atoms with E-state index < -0.39 is 0 Å². The molecule has 0 fully saturated rings. The van der Waals surface area contributed by atoms with Crippen LogP contribution >= 0.6 is 11.8 Å². The summed E-state index contributed by atoms with van der Waals surface area (Å²) in [4.78, 5) is 1.25. The van der Waals surface area contributed by atoms with Crippen LogP contribution in [0.4, 0.5) is 0 Å². The lowest BCUT2D eigenvalue weighted by molar-refractivity contribution is 0.414. The van der Waals surface area contributed by atoms with Gasteiger partial charge in [-0.05, 0) is 37.2 Å². The molecule has 0 saturated heterocycles. The molecule has 17 heavy (non-hydrogen) atoms. The van der Waals surface area contributed by atoms with E-state index >= 15 is 0 Å². The smallest absolute Gasteiger partial charge is 0.118 e. The molecule has 0 heterocycles. The van der Waals surface area contributed by atoms with Crippen molar-refractivity contribution in [3.63, 3.8) is 0 Å². The second kappa shape index (κ2) is 8.20. The van der Waals surface area contributed by atoms with Crippen molar-refractivity contribution in [3.8, 4) is 5.75 Å². The van der Waals surface area contributed by atoms with E-state index in [9.17, 15) is 0 Å². The Labute approximate surface area is 108 Å². The molecule has 0 aromatic heterocycles. The third-order valence-corrected chi connectivity index (χ3v) is 3.46. The van der Waals surface area contributed by atoms with Gasteiger partial charge in [-0.1, -0.05) is 19.1 Å². The van der Waals surface area contributed by atoms with Gasteiger partial charge < -0.3 is 10.1 Å². The fourth-order valence-corrected chi connectivity index (χ4v) is 2.15. The third-order valence-electron chi connectivity index (χ3n) is 2.30. The minimum absolute atomic E-state index is 0.901. The van der Waals surface area contributed by atoms with Crippen LogP contribution in [-0.4, -0.2) is 26.0 Å². The number of hydrogen-bond acceptors (Lipinski definition) is 3. The van der Waals surface area contributed by atoms with Gasteiger partial charge in [-0.15, -0.1) is 11.8 Å². The lowest BCUT2D eigenvalue weighted by Crippen LogP contribution is -2.18. The Hall–Kier alpha value is -0.930. The van der Waals surface area contributed by atoms with Crippen molar-refractivity contribution in [2.24, 2.45) is 0 Å². The molecular formula is C14H21NOS. The predicted octanol–water partition coefficient (Wildman–Crippen LogP) is 3.34. The van der Waals surface area contributed by atoms with Crippen molar-refractivity contribution in [1.29, 1.82) is 0 Å². The fraction of sp³-hybridized carbons (Fsp3) is 0.429. The van der Waals surface area contributed by atoms with Crippen LogP contribution in [0.15, 0.2) is 41.3 Å². The van der Waals surface area contributed by atoms with Crippen LogP contribution in [0.25, 0.3) is 0 Å². The van der Waals surface area contributed by atoms with E-state index in [0.29, 0.717) is 0 Å². The molecule has 0 amide bonds. The van der Waals surface area contributed by atoms with Crippen LogP contribution in [0.3, 0.4) is 0 Å². The summed E-state index contributed by atoms with van der Waals surface area (Å²) < 4.78 is 5.12. The van der Waals surface area contributed by atoms with Crippen molar-refractivity contribution >= 4 is 11.8 Å². The standard InChI is InChI=1S/C14H21NOS/c1-4-9-15-10-12(2)11-17-14-7-5-13(16-3)6-8-14/h5-8,15H,2,4,9-11H2,1,3H3. The number of rotatable bonds is 8. The van der Waals surface area contributed by atoms with Gasteiger partial charge >= 0.3 is 0 Å². The molecule has 0 atom stereocenters. The van der Waals surface area contributed by atoms with Crippen molar-refractivity contribution in [1.82, 2.24) is 5.32 Å². The Morgan fingerprint density at radius 3 is 2.65 bits per heavy atom. The van der Waals surface area contributed by atoms with E-state index in [1.807, 2.05) is 23.9 Å². The van der Waals surface area contributed by atoms with E-state index in [2.05, 4.69) is 31.0 Å². The molecule has 0 unspecified atom stereocenters. The van der Waals surface area contributed by atoms with Crippen molar-refractivity contribution in [3.05, 3.63) is 36.4 Å². The summed E-state index contributed by atoms with van der Waals surface area (Å²) in [5.74, 6) is 1.86. The van der Waals surface area contributed by atoms with Crippen LogP contribution < -0.4 is 10.1 Å². The minimum Gasteiger partial charge on any atom is -0.497 e. The van der Waals surface area contributed by atoms with Gasteiger partial charge in [0.2, 0.25) is 0 Å². The molecule has 1 N–H and O–H groups in total. The highest BCUT2D eigenvalue weighted by atomic mass is 32.2. The van der Waals surface area contributed by atoms with Crippen LogP contribution in [0.5, 0.6) is 5.75 Å². The number of thioether (sulfide) groups is 1. The maximum atomic E-state index is 5.12. The van der Waals surface area contributed by atoms with Crippen LogP contribution in [-0.2, 0) is 0 Å². The highest BCUT2D eigenvalue weighted by Crippen LogP contribution is 2.22. The number of methoxy groups -OCH3 is 1. The Balaban J connectivity index is 2.27. The second-order valence-corrected chi connectivity index (χ2v) is 4.94. The zero-order chi connectivity index (χ0) is 12.5. The molecule has 0 aliphatic carbocycles. The molecule has 0 spiro atoms. The maximum Gasteiger partial charge on any atom is 0.118 e. The van der Waals surface area contributed by atoms with E-state index in [1.54, 1.807) is 7.11 Å². The molecule has 0 aliphatic heterocycles. The van der Waals surface area contributed by atoms with Crippen LogP contribution in [0.2, 0.25) is 0 Å². The summed E-state index contributed by atoms with van der Waals surface area (Å²) in [5, 5.41) is 3.36. The first-order valence-electron chi connectivity index (χ1n) is 5.90. The number of ether oxygens (including phenoxy) is 1. The van der Waals surface area contributed by atoms with Crippen molar-refractivity contribution < 1.29 is 4.74 Å². The van der Waals surface area contributed by atoms with Gasteiger partial charge in [0.05, 0.1) is 7.11 Å². The maximum absolute atomic E-state index is 5.12. The van der Waals surface area contributed by atoms with Crippen molar-refractivity contribution in [2.45, 2.75) is 18.2 Å². The van der Waals surface area contributed by atoms with Gasteiger partial charge in [-0.2, -0.15) is 0 Å². The van der Waals surface area contributed by atoms with Gasteiger partial charge in [-0.3, -0.25) is 0 Å². The number of benzene rings is 1. The van der Waals surface area contributed by atoms with Gasteiger partial charge in [0.1, 0.15) is 5.75 Å². The molecule has 0 bridgehead atoms. The lowest BCUT2D eigenvalue weighted by Gasteiger charge is -2.07. The first-order valence-corrected chi connectivity index (χ1v) is 6.89. The normalized spacial score (nSPS) is 10.2. The summed E-state index contributed by atoms with van der Waals surface area (Å²) >= 11 is 1.81. The molecule has 0 aliphatic rings. The van der Waals surface area contributed by atoms with E-state index in [1.165, 1.54) is 16.9 Å². The van der Waals surface area contributed by atoms with E-state index in [-0.39, 0.29) is 0 Å². The molecule has 0 radical (unpaired) electrons. The number of nitrogens with one attached hydrogen (secondary N) is 1. The SMILES string of the molecule is C=C(CNCCC)CSc1ccc(OC)cc1. The topological polar surface area (TPSA) is 21.3 Å². The van der Waals surface area contributed by atoms with Gasteiger partial charge in [-0.25, -0.2) is 0 Å². The summed E-state index contributed by atoms with van der Waals surface area (Å²) in [6, 6.07) is 8.13. The molecular weight excluding hydrogens is 230 g/mol. The second-order valence-electron chi connectivity index (χ2n) is 3.89. The average Bonchev–Trinajstić information content (AvgIpc) is 2.37. The first-order chi connectivity index (χ1) is 8.26. The number of hydrogen-bond donors (Lipinski definition) is 1. The first kappa shape index (κ1) is 14.1. The minimum atomic E-state index is 0.901. The monoisotopic (exact) mass is 251 g/mol. The largest absolute Gasteiger partial charge is 0.497 e. The summed E-state index contributed by atoms with van der Waals surface area (Å²) in [7, 11) is 1.68. The van der Waals surface area contributed by atoms with E-state index in [4.69, 9.17) is 4.74 Å². The molecule has 1 aromatic carbocycles. The molecule has 94 valence electrons. The highest BCUT2D eigenvalue weighted by Gasteiger charge is 1.98. The quantitative estimate of drug-likeness (QED) is 0.435. The molecule has 2 nitrogen and oxygen atoms in total. The van der Waals surface area contributed by atoms with Gasteiger partial charge in [0.15, 0.2) is 0 Å². The van der Waals surface area contributed by atoms with Gasteiger partial charge in [0, 0.05) is 17.2 Å². The van der Waals surface area contributed by atoms with Crippen LogP contribution in [0.1, 0.15) is 13.3 Å². The summed E-state index contributed by atoms with van der Waals surface area (Å²) in [5.41, 5.74) is 1.24.